The van der Waals surface area contributed by atoms with E-state index in [0.717, 1.165) is 33.3 Å². The molecule has 3 rings (SSSR count). The van der Waals surface area contributed by atoms with Gasteiger partial charge in [-0.05, 0) is 31.5 Å². The first-order valence-corrected chi connectivity index (χ1v) is 7.66. The minimum atomic E-state index is 0.512. The summed E-state index contributed by atoms with van der Waals surface area (Å²) < 4.78 is 5.29. The number of nitriles is 1. The highest BCUT2D eigenvalue weighted by atomic mass is 16.5. The lowest BCUT2D eigenvalue weighted by Gasteiger charge is -2.14. The van der Waals surface area contributed by atoms with Gasteiger partial charge in [0.05, 0.1) is 23.9 Å². The minimum absolute atomic E-state index is 0.512. The highest BCUT2D eigenvalue weighted by Gasteiger charge is 2.12. The van der Waals surface area contributed by atoms with Gasteiger partial charge in [0.15, 0.2) is 0 Å². The van der Waals surface area contributed by atoms with E-state index in [1.54, 1.807) is 19.5 Å². The summed E-state index contributed by atoms with van der Waals surface area (Å²) in [5.74, 6) is 0.578. The first kappa shape index (κ1) is 15.8. The number of nitrogens with one attached hydrogen (secondary N) is 1. The number of fused-ring (bicyclic) bond motifs is 1. The lowest BCUT2D eigenvalue weighted by atomic mass is 10.0. The van der Waals surface area contributed by atoms with Crippen LogP contribution in [0.15, 0.2) is 36.7 Å². The fraction of sp³-hybridized carbons (Fsp3) is 0.211. The number of anilines is 1. The van der Waals surface area contributed by atoms with Crippen LogP contribution in [0.1, 0.15) is 22.3 Å². The van der Waals surface area contributed by atoms with Crippen LogP contribution in [0.4, 0.5) is 5.69 Å². The van der Waals surface area contributed by atoms with Crippen molar-refractivity contribution in [3.63, 3.8) is 0 Å². The number of hydrogen-bond donors (Lipinski definition) is 1. The Labute approximate surface area is 140 Å². The predicted octanol–water partition coefficient (Wildman–Crippen LogP) is 3.74. The monoisotopic (exact) mass is 318 g/mol. The van der Waals surface area contributed by atoms with Crippen molar-refractivity contribution in [2.45, 2.75) is 20.4 Å². The number of pyridine rings is 2. The van der Waals surface area contributed by atoms with Gasteiger partial charge >= 0.3 is 0 Å². The van der Waals surface area contributed by atoms with E-state index in [0.29, 0.717) is 18.0 Å². The molecule has 1 N–H and O–H groups in total. The van der Waals surface area contributed by atoms with E-state index in [9.17, 15) is 5.26 Å². The second kappa shape index (κ2) is 6.55. The molecule has 2 aromatic heterocycles. The van der Waals surface area contributed by atoms with Crippen molar-refractivity contribution >= 4 is 16.6 Å². The van der Waals surface area contributed by atoms with Crippen LogP contribution in [-0.2, 0) is 6.54 Å². The van der Waals surface area contributed by atoms with Gasteiger partial charge in [-0.3, -0.25) is 4.98 Å². The summed E-state index contributed by atoms with van der Waals surface area (Å²) >= 11 is 0. The zero-order valence-electron chi connectivity index (χ0n) is 13.9. The normalized spacial score (nSPS) is 10.4. The van der Waals surface area contributed by atoms with Gasteiger partial charge in [-0.25, -0.2) is 4.98 Å². The molecule has 0 bridgehead atoms. The topological polar surface area (TPSA) is 70.8 Å². The molecule has 5 nitrogen and oxygen atoms in total. The number of rotatable bonds is 4. The molecule has 5 heteroatoms. The fourth-order valence-electron chi connectivity index (χ4n) is 2.86. The van der Waals surface area contributed by atoms with E-state index in [4.69, 9.17) is 4.74 Å². The molecule has 0 amide bonds. The highest BCUT2D eigenvalue weighted by molar-refractivity contribution is 5.96. The van der Waals surface area contributed by atoms with Crippen LogP contribution in [0, 0.1) is 25.2 Å². The molecule has 0 saturated heterocycles. The summed E-state index contributed by atoms with van der Waals surface area (Å²) in [4.78, 5) is 8.65. The number of aromatic nitrogens is 2. The molecule has 3 aromatic rings. The van der Waals surface area contributed by atoms with Gasteiger partial charge in [0, 0.05) is 29.9 Å². The smallest absolute Gasteiger partial charge is 0.218 e. The van der Waals surface area contributed by atoms with Gasteiger partial charge < -0.3 is 10.1 Å². The molecule has 120 valence electrons. The standard InChI is InChI=1S/C19H18N4O/c1-12-7-13(2)17-16(8-12)18(15(9-20)11-22-17)23-10-14-5-4-6-21-19(14)24-3/h4-8,11H,10H2,1-3H3,(H,22,23). The Balaban J connectivity index is 2.06. The minimum Gasteiger partial charge on any atom is -0.481 e. The third-order valence-corrected chi connectivity index (χ3v) is 3.93. The second-order valence-corrected chi connectivity index (χ2v) is 5.66. The second-order valence-electron chi connectivity index (χ2n) is 5.66. The van der Waals surface area contributed by atoms with E-state index in [1.165, 1.54) is 0 Å². The third-order valence-electron chi connectivity index (χ3n) is 3.93. The number of hydrogen-bond acceptors (Lipinski definition) is 5. The Morgan fingerprint density at radius 3 is 2.83 bits per heavy atom. The van der Waals surface area contributed by atoms with Crippen molar-refractivity contribution in [2.75, 3.05) is 12.4 Å². The highest BCUT2D eigenvalue weighted by Crippen LogP contribution is 2.29. The van der Waals surface area contributed by atoms with Crippen LogP contribution < -0.4 is 10.1 Å². The lowest BCUT2D eigenvalue weighted by molar-refractivity contribution is 0.393. The number of benzene rings is 1. The van der Waals surface area contributed by atoms with Crippen LogP contribution >= 0.6 is 0 Å². The Kier molecular flexibility index (Phi) is 4.30. The molecule has 0 spiro atoms. The SMILES string of the molecule is COc1ncccc1CNc1c(C#N)cnc2c(C)cc(C)cc12. The zero-order valence-corrected chi connectivity index (χ0v) is 13.9. The number of nitrogens with zero attached hydrogens (tertiary/aromatic N) is 3. The Morgan fingerprint density at radius 2 is 2.08 bits per heavy atom. The maximum Gasteiger partial charge on any atom is 0.218 e. The number of ether oxygens (including phenoxy) is 1. The molecule has 0 atom stereocenters. The van der Waals surface area contributed by atoms with Gasteiger partial charge in [0.2, 0.25) is 5.88 Å². The summed E-state index contributed by atoms with van der Waals surface area (Å²) in [6, 6.07) is 10.2. The molecule has 1 aromatic carbocycles. The summed E-state index contributed by atoms with van der Waals surface area (Å²) in [5, 5.41) is 13.8. The average Bonchev–Trinajstić information content (AvgIpc) is 2.59. The zero-order chi connectivity index (χ0) is 17.1. The van der Waals surface area contributed by atoms with E-state index < -0.39 is 0 Å². The number of methoxy groups -OCH3 is 1. The molecular formula is C19H18N4O. The van der Waals surface area contributed by atoms with Crippen molar-refractivity contribution in [3.05, 3.63) is 58.9 Å². The molecule has 0 aliphatic carbocycles. The van der Waals surface area contributed by atoms with Crippen LogP contribution in [0.2, 0.25) is 0 Å². The first-order chi connectivity index (χ1) is 11.6. The maximum atomic E-state index is 9.45. The largest absolute Gasteiger partial charge is 0.481 e. The van der Waals surface area contributed by atoms with Gasteiger partial charge in [-0.2, -0.15) is 5.26 Å². The quantitative estimate of drug-likeness (QED) is 0.793. The molecule has 24 heavy (non-hydrogen) atoms. The van der Waals surface area contributed by atoms with E-state index >= 15 is 0 Å². The van der Waals surface area contributed by atoms with Crippen molar-refractivity contribution in [3.8, 4) is 11.9 Å². The Hall–Kier alpha value is -3.13. The van der Waals surface area contributed by atoms with Gasteiger partial charge in [-0.15, -0.1) is 0 Å². The Morgan fingerprint density at radius 1 is 1.25 bits per heavy atom. The van der Waals surface area contributed by atoms with E-state index in [-0.39, 0.29) is 0 Å². The summed E-state index contributed by atoms with van der Waals surface area (Å²) in [6.45, 7) is 4.58. The lowest BCUT2D eigenvalue weighted by Crippen LogP contribution is -2.05. The van der Waals surface area contributed by atoms with Gasteiger partial charge in [-0.1, -0.05) is 17.7 Å². The van der Waals surface area contributed by atoms with Crippen LogP contribution in [0.3, 0.4) is 0 Å². The predicted molar refractivity (Wildman–Crippen MR) is 94.0 cm³/mol. The fourth-order valence-corrected chi connectivity index (χ4v) is 2.86. The van der Waals surface area contributed by atoms with Crippen molar-refractivity contribution in [1.82, 2.24) is 9.97 Å². The molecule has 0 aliphatic rings. The average molecular weight is 318 g/mol. The Bertz CT molecular complexity index is 944. The van der Waals surface area contributed by atoms with Gasteiger partial charge in [0.1, 0.15) is 6.07 Å². The molecular weight excluding hydrogens is 300 g/mol. The molecule has 2 heterocycles. The molecule has 0 aliphatic heterocycles. The summed E-state index contributed by atoms with van der Waals surface area (Å²) in [5.41, 5.74) is 5.38. The van der Waals surface area contributed by atoms with Gasteiger partial charge in [0.25, 0.3) is 0 Å². The van der Waals surface area contributed by atoms with E-state index in [1.807, 2.05) is 26.0 Å². The maximum absolute atomic E-state index is 9.45. The first-order valence-electron chi connectivity index (χ1n) is 7.66. The third kappa shape index (κ3) is 2.86. The molecule has 0 fully saturated rings. The molecule has 0 saturated carbocycles. The summed E-state index contributed by atoms with van der Waals surface area (Å²) in [7, 11) is 1.60. The van der Waals surface area contributed by atoms with Crippen LogP contribution in [0.25, 0.3) is 10.9 Å². The molecule has 0 radical (unpaired) electrons. The molecule has 0 unspecified atom stereocenters. The van der Waals surface area contributed by atoms with Crippen molar-refractivity contribution < 1.29 is 4.74 Å². The number of aryl methyl sites for hydroxylation is 2. The van der Waals surface area contributed by atoms with Crippen molar-refractivity contribution in [1.29, 1.82) is 5.26 Å². The van der Waals surface area contributed by atoms with Crippen LogP contribution in [0.5, 0.6) is 5.88 Å². The van der Waals surface area contributed by atoms with E-state index in [2.05, 4.69) is 33.5 Å². The summed E-state index contributed by atoms with van der Waals surface area (Å²) in [6.07, 6.45) is 3.31. The van der Waals surface area contributed by atoms with Crippen LogP contribution in [-0.4, -0.2) is 17.1 Å². The van der Waals surface area contributed by atoms with Crippen molar-refractivity contribution in [2.24, 2.45) is 0 Å².